The van der Waals surface area contributed by atoms with Crippen molar-refractivity contribution in [1.82, 2.24) is 0 Å². The zero-order chi connectivity index (χ0) is 8.27. The van der Waals surface area contributed by atoms with Gasteiger partial charge in [-0.2, -0.15) is 0 Å². The van der Waals surface area contributed by atoms with Crippen molar-refractivity contribution in [2.75, 3.05) is 0 Å². The van der Waals surface area contributed by atoms with Crippen molar-refractivity contribution in [2.24, 2.45) is 0 Å². The van der Waals surface area contributed by atoms with Crippen LogP contribution in [0.1, 0.15) is 5.56 Å². The highest BCUT2D eigenvalue weighted by molar-refractivity contribution is 9.11. The Bertz CT molecular complexity index is 297. The summed E-state index contributed by atoms with van der Waals surface area (Å²) in [5, 5.41) is 0. The first-order valence-corrected chi connectivity index (χ1v) is 4.70. The van der Waals surface area contributed by atoms with E-state index in [9.17, 15) is 0 Å². The van der Waals surface area contributed by atoms with E-state index in [2.05, 4.69) is 37.8 Å². The zero-order valence-corrected chi connectivity index (χ0v) is 8.94. The Hall–Kier alpha value is -0.260. The molecule has 56 valence electrons. The first-order chi connectivity index (χ1) is 5.24. The van der Waals surface area contributed by atoms with Crippen molar-refractivity contribution < 1.29 is 0 Å². The minimum absolute atomic E-state index is 0.674. The molecule has 0 heterocycles. The number of benzene rings is 1. The molecular weight excluding hydrogens is 268 g/mol. The topological polar surface area (TPSA) is 0 Å². The Balaban J connectivity index is 3.01. The maximum Gasteiger partial charge on any atom is 0.0348 e. The summed E-state index contributed by atoms with van der Waals surface area (Å²) in [5.41, 5.74) is 1.15. The molecule has 0 aromatic heterocycles. The first-order valence-electron chi connectivity index (χ1n) is 3.11. The lowest BCUT2D eigenvalue weighted by molar-refractivity contribution is 1.29. The highest BCUT2D eigenvalue weighted by Crippen LogP contribution is 2.21. The quantitative estimate of drug-likeness (QED) is 0.688. The lowest BCUT2D eigenvalue weighted by Crippen LogP contribution is -1.82. The molecule has 1 aromatic rings. The second-order valence-electron chi connectivity index (χ2n) is 2.12. The lowest BCUT2D eigenvalue weighted by Gasteiger charge is -1.99. The van der Waals surface area contributed by atoms with Gasteiger partial charge in [-0.3, -0.25) is 0 Å². The monoisotopic (exact) mass is 272 g/mol. The molecule has 0 bridgehead atoms. The Morgan fingerprint density at radius 3 is 2.64 bits per heavy atom. The van der Waals surface area contributed by atoms with E-state index in [-0.39, 0.29) is 0 Å². The predicted octanol–water partition coefficient (Wildman–Crippen LogP) is 3.39. The third kappa shape index (κ3) is 2.36. The van der Waals surface area contributed by atoms with Crippen molar-refractivity contribution in [3.63, 3.8) is 0 Å². The summed E-state index contributed by atoms with van der Waals surface area (Å²) < 4.78 is 2.12. The summed E-state index contributed by atoms with van der Waals surface area (Å²) in [5.74, 6) is 2.60. The fourth-order valence-electron chi connectivity index (χ4n) is 0.775. The van der Waals surface area contributed by atoms with E-state index in [1.54, 1.807) is 0 Å². The van der Waals surface area contributed by atoms with Gasteiger partial charge in [0.25, 0.3) is 0 Å². The van der Waals surface area contributed by atoms with Crippen LogP contribution in [0.25, 0.3) is 0 Å². The van der Waals surface area contributed by atoms with Gasteiger partial charge in [-0.1, -0.05) is 37.9 Å². The predicted molar refractivity (Wildman–Crippen MR) is 54.4 cm³/mol. The minimum atomic E-state index is 0.674. The van der Waals surface area contributed by atoms with E-state index in [1.807, 2.05) is 18.2 Å². The molecule has 0 fully saturated rings. The van der Waals surface area contributed by atoms with Gasteiger partial charge in [-0.05, 0) is 17.7 Å². The molecule has 0 unspecified atom stereocenters. The third-order valence-electron chi connectivity index (χ3n) is 1.31. The molecule has 0 radical (unpaired) electrons. The Kier molecular flexibility index (Phi) is 3.16. The van der Waals surface area contributed by atoms with Gasteiger partial charge in [0.05, 0.1) is 0 Å². The average Bonchev–Trinajstić information content (AvgIpc) is 1.95. The van der Waals surface area contributed by atoms with Gasteiger partial charge >= 0.3 is 0 Å². The summed E-state index contributed by atoms with van der Waals surface area (Å²) in [6.07, 6.45) is 5.86. The zero-order valence-electron chi connectivity index (χ0n) is 5.77. The van der Waals surface area contributed by atoms with E-state index in [0.29, 0.717) is 6.42 Å². The van der Waals surface area contributed by atoms with E-state index < -0.39 is 0 Å². The van der Waals surface area contributed by atoms with Crippen LogP contribution in [0, 0.1) is 12.3 Å². The average molecular weight is 274 g/mol. The van der Waals surface area contributed by atoms with Gasteiger partial charge in [-0.15, -0.1) is 12.3 Å². The summed E-state index contributed by atoms with van der Waals surface area (Å²) in [6.45, 7) is 0. The Labute approximate surface area is 83.3 Å². The normalized spacial score (nSPS) is 9.18. The smallest absolute Gasteiger partial charge is 0.0348 e. The van der Waals surface area contributed by atoms with Crippen molar-refractivity contribution in [3.8, 4) is 12.3 Å². The second-order valence-corrected chi connectivity index (χ2v) is 3.89. The van der Waals surface area contributed by atoms with Gasteiger partial charge in [-0.25, -0.2) is 0 Å². The van der Waals surface area contributed by atoms with Crippen LogP contribution in [0.3, 0.4) is 0 Å². The summed E-state index contributed by atoms with van der Waals surface area (Å²) in [4.78, 5) is 0. The molecular formula is C9H6Br2. The largest absolute Gasteiger partial charge is 0.120 e. The second kappa shape index (κ2) is 3.94. The Morgan fingerprint density at radius 2 is 2.09 bits per heavy atom. The van der Waals surface area contributed by atoms with Crippen LogP contribution < -0.4 is 0 Å². The van der Waals surface area contributed by atoms with Crippen molar-refractivity contribution in [2.45, 2.75) is 6.42 Å². The standard InChI is InChI=1S/C9H6Br2/c1-2-3-7-4-5-8(10)6-9(7)11/h1,4-6H,3H2. The first kappa shape index (κ1) is 8.83. The van der Waals surface area contributed by atoms with Gasteiger partial charge in [0.15, 0.2) is 0 Å². The van der Waals surface area contributed by atoms with Crippen LogP contribution in [-0.4, -0.2) is 0 Å². The van der Waals surface area contributed by atoms with Crippen molar-refractivity contribution in [3.05, 3.63) is 32.7 Å². The van der Waals surface area contributed by atoms with Crippen LogP contribution >= 0.6 is 31.9 Å². The number of terminal acetylenes is 1. The molecule has 0 saturated carbocycles. The van der Waals surface area contributed by atoms with Crippen LogP contribution in [0.4, 0.5) is 0 Å². The number of hydrogen-bond acceptors (Lipinski definition) is 0. The molecule has 0 amide bonds. The summed E-state index contributed by atoms with van der Waals surface area (Å²) >= 11 is 6.79. The van der Waals surface area contributed by atoms with Crippen molar-refractivity contribution in [1.29, 1.82) is 0 Å². The van der Waals surface area contributed by atoms with Crippen molar-refractivity contribution >= 4 is 31.9 Å². The van der Waals surface area contributed by atoms with E-state index in [1.165, 1.54) is 0 Å². The van der Waals surface area contributed by atoms with E-state index >= 15 is 0 Å². The van der Waals surface area contributed by atoms with Crippen LogP contribution in [-0.2, 0) is 6.42 Å². The Morgan fingerprint density at radius 1 is 1.36 bits per heavy atom. The minimum Gasteiger partial charge on any atom is -0.120 e. The maximum atomic E-state index is 5.18. The molecule has 0 saturated heterocycles. The number of rotatable bonds is 1. The van der Waals surface area contributed by atoms with Crippen LogP contribution in [0.15, 0.2) is 27.1 Å². The SMILES string of the molecule is C#CCc1ccc(Br)cc1Br. The molecule has 0 nitrogen and oxygen atoms in total. The van der Waals surface area contributed by atoms with Gasteiger partial charge in [0.2, 0.25) is 0 Å². The highest BCUT2D eigenvalue weighted by atomic mass is 79.9. The molecule has 1 aromatic carbocycles. The molecule has 11 heavy (non-hydrogen) atoms. The third-order valence-corrected chi connectivity index (χ3v) is 2.54. The molecule has 2 heteroatoms. The van der Waals surface area contributed by atoms with Gasteiger partial charge < -0.3 is 0 Å². The van der Waals surface area contributed by atoms with E-state index in [4.69, 9.17) is 6.42 Å². The highest BCUT2D eigenvalue weighted by Gasteiger charge is 1.97. The van der Waals surface area contributed by atoms with Gasteiger partial charge in [0.1, 0.15) is 0 Å². The number of hydrogen-bond donors (Lipinski definition) is 0. The van der Waals surface area contributed by atoms with Crippen LogP contribution in [0.5, 0.6) is 0 Å². The molecule has 0 aliphatic carbocycles. The van der Waals surface area contributed by atoms with Gasteiger partial charge in [0, 0.05) is 15.4 Å². The molecule has 0 spiro atoms. The summed E-state index contributed by atoms with van der Waals surface area (Å²) in [6, 6.07) is 5.98. The lowest BCUT2D eigenvalue weighted by atomic mass is 10.2. The fraction of sp³-hybridized carbons (Fsp3) is 0.111. The molecule has 0 aliphatic heterocycles. The molecule has 0 atom stereocenters. The fourth-order valence-corrected chi connectivity index (χ4v) is 1.96. The molecule has 0 aliphatic rings. The number of halogens is 2. The molecule has 1 rings (SSSR count). The maximum absolute atomic E-state index is 5.18. The van der Waals surface area contributed by atoms with Crippen LogP contribution in [0.2, 0.25) is 0 Å². The molecule has 0 N–H and O–H groups in total. The van der Waals surface area contributed by atoms with E-state index in [0.717, 1.165) is 14.5 Å². The summed E-state index contributed by atoms with van der Waals surface area (Å²) in [7, 11) is 0.